The lowest BCUT2D eigenvalue weighted by Crippen LogP contribution is -2.36. The average molecular weight is 221 g/mol. The van der Waals surface area contributed by atoms with Gasteiger partial charge in [0.15, 0.2) is 0 Å². The van der Waals surface area contributed by atoms with Crippen LogP contribution in [0.1, 0.15) is 15.9 Å². The van der Waals surface area contributed by atoms with Crippen molar-refractivity contribution >= 4 is 17.5 Å². The Bertz CT molecular complexity index is 409. The first-order valence-electron chi connectivity index (χ1n) is 4.82. The normalized spacial score (nSPS) is 9.88. The van der Waals surface area contributed by atoms with Crippen molar-refractivity contribution in [2.24, 2.45) is 5.73 Å². The number of benzene rings is 1. The second-order valence-corrected chi connectivity index (χ2v) is 3.67. The van der Waals surface area contributed by atoms with E-state index in [2.05, 4.69) is 0 Å². The van der Waals surface area contributed by atoms with E-state index in [9.17, 15) is 9.59 Å². The fourth-order valence-corrected chi connectivity index (χ4v) is 1.48. The van der Waals surface area contributed by atoms with E-state index in [4.69, 9.17) is 11.5 Å². The van der Waals surface area contributed by atoms with E-state index >= 15 is 0 Å². The SMILES string of the molecule is Cc1cccc(N)c1C(=O)N(C)CC(N)=O. The number of rotatable bonds is 3. The number of primary amides is 1. The van der Waals surface area contributed by atoms with Crippen molar-refractivity contribution in [3.05, 3.63) is 29.3 Å². The van der Waals surface area contributed by atoms with Crippen LogP contribution in [0.5, 0.6) is 0 Å². The molecule has 0 saturated carbocycles. The minimum Gasteiger partial charge on any atom is -0.398 e. The summed E-state index contributed by atoms with van der Waals surface area (Å²) in [6.45, 7) is 1.67. The smallest absolute Gasteiger partial charge is 0.256 e. The van der Waals surface area contributed by atoms with E-state index in [-0.39, 0.29) is 12.5 Å². The third-order valence-electron chi connectivity index (χ3n) is 2.26. The lowest BCUT2D eigenvalue weighted by molar-refractivity contribution is -0.118. The molecule has 0 aromatic heterocycles. The topological polar surface area (TPSA) is 89.4 Å². The number of amides is 2. The van der Waals surface area contributed by atoms with E-state index in [1.54, 1.807) is 25.1 Å². The van der Waals surface area contributed by atoms with Crippen molar-refractivity contribution in [3.8, 4) is 0 Å². The molecule has 0 aliphatic heterocycles. The van der Waals surface area contributed by atoms with Crippen LogP contribution in [-0.4, -0.2) is 30.3 Å². The van der Waals surface area contributed by atoms with Gasteiger partial charge < -0.3 is 16.4 Å². The number of hydrogen-bond donors (Lipinski definition) is 2. The molecule has 0 atom stereocenters. The molecular weight excluding hydrogens is 206 g/mol. The molecule has 0 radical (unpaired) electrons. The summed E-state index contributed by atoms with van der Waals surface area (Å²) in [6, 6.07) is 5.22. The summed E-state index contributed by atoms with van der Waals surface area (Å²) >= 11 is 0. The monoisotopic (exact) mass is 221 g/mol. The molecule has 0 unspecified atom stereocenters. The zero-order chi connectivity index (χ0) is 12.3. The molecule has 0 aliphatic carbocycles. The van der Waals surface area contributed by atoms with Crippen LogP contribution >= 0.6 is 0 Å². The third kappa shape index (κ3) is 2.50. The fraction of sp³-hybridized carbons (Fsp3) is 0.273. The Kier molecular flexibility index (Phi) is 3.50. The largest absolute Gasteiger partial charge is 0.398 e. The van der Waals surface area contributed by atoms with E-state index in [1.807, 2.05) is 0 Å². The van der Waals surface area contributed by atoms with Crippen LogP contribution in [-0.2, 0) is 4.79 Å². The van der Waals surface area contributed by atoms with Crippen molar-refractivity contribution < 1.29 is 9.59 Å². The third-order valence-corrected chi connectivity index (χ3v) is 2.26. The highest BCUT2D eigenvalue weighted by Gasteiger charge is 2.17. The number of nitrogen functional groups attached to an aromatic ring is 1. The van der Waals surface area contributed by atoms with Gasteiger partial charge in [-0.3, -0.25) is 9.59 Å². The van der Waals surface area contributed by atoms with Gasteiger partial charge in [-0.25, -0.2) is 0 Å². The summed E-state index contributed by atoms with van der Waals surface area (Å²) in [5.41, 5.74) is 12.4. The first-order chi connectivity index (χ1) is 7.43. The van der Waals surface area contributed by atoms with Crippen molar-refractivity contribution in [2.45, 2.75) is 6.92 Å². The molecule has 1 aromatic carbocycles. The summed E-state index contributed by atoms with van der Waals surface area (Å²) in [5.74, 6) is -0.850. The van der Waals surface area contributed by atoms with Gasteiger partial charge in [-0.15, -0.1) is 0 Å². The number of nitrogens with zero attached hydrogens (tertiary/aromatic N) is 1. The quantitative estimate of drug-likeness (QED) is 0.711. The molecule has 1 rings (SSSR count). The number of hydrogen-bond acceptors (Lipinski definition) is 3. The van der Waals surface area contributed by atoms with E-state index in [0.29, 0.717) is 11.3 Å². The van der Waals surface area contributed by atoms with Gasteiger partial charge in [-0.05, 0) is 18.6 Å². The zero-order valence-electron chi connectivity index (χ0n) is 9.36. The van der Waals surface area contributed by atoms with Crippen molar-refractivity contribution in [3.63, 3.8) is 0 Å². The maximum Gasteiger partial charge on any atom is 0.256 e. The van der Waals surface area contributed by atoms with Gasteiger partial charge in [0, 0.05) is 12.7 Å². The molecule has 2 amide bonds. The molecule has 0 bridgehead atoms. The molecule has 0 heterocycles. The number of aryl methyl sites for hydroxylation is 1. The van der Waals surface area contributed by atoms with Crippen molar-refractivity contribution in [1.29, 1.82) is 0 Å². The first-order valence-corrected chi connectivity index (χ1v) is 4.82. The van der Waals surface area contributed by atoms with Gasteiger partial charge in [0.1, 0.15) is 0 Å². The fourth-order valence-electron chi connectivity index (χ4n) is 1.48. The molecule has 86 valence electrons. The van der Waals surface area contributed by atoms with Gasteiger partial charge in [-0.2, -0.15) is 0 Å². The molecule has 5 nitrogen and oxygen atoms in total. The van der Waals surface area contributed by atoms with Crippen LogP contribution in [0.4, 0.5) is 5.69 Å². The minimum atomic E-state index is -0.553. The number of carbonyl (C=O) groups excluding carboxylic acids is 2. The summed E-state index contributed by atoms with van der Waals surface area (Å²) < 4.78 is 0. The van der Waals surface area contributed by atoms with Crippen LogP contribution in [0.2, 0.25) is 0 Å². The van der Waals surface area contributed by atoms with E-state index in [0.717, 1.165) is 5.56 Å². The Hall–Kier alpha value is -2.04. The number of carbonyl (C=O) groups is 2. The van der Waals surface area contributed by atoms with E-state index < -0.39 is 5.91 Å². The molecule has 16 heavy (non-hydrogen) atoms. The first kappa shape index (κ1) is 12.0. The Labute approximate surface area is 94.0 Å². The molecule has 0 aliphatic rings. The van der Waals surface area contributed by atoms with Gasteiger partial charge in [0.05, 0.1) is 12.1 Å². The lowest BCUT2D eigenvalue weighted by Gasteiger charge is -2.17. The predicted molar refractivity (Wildman–Crippen MR) is 61.7 cm³/mol. The summed E-state index contributed by atoms with van der Waals surface area (Å²) in [4.78, 5) is 23.9. The van der Waals surface area contributed by atoms with Crippen LogP contribution < -0.4 is 11.5 Å². The van der Waals surface area contributed by atoms with Crippen molar-refractivity contribution in [2.75, 3.05) is 19.3 Å². The molecule has 0 spiro atoms. The van der Waals surface area contributed by atoms with Crippen LogP contribution in [0.25, 0.3) is 0 Å². The molecule has 0 saturated heterocycles. The Morgan fingerprint density at radius 1 is 1.38 bits per heavy atom. The molecule has 4 N–H and O–H groups in total. The van der Waals surface area contributed by atoms with Gasteiger partial charge in [0.2, 0.25) is 5.91 Å². The van der Waals surface area contributed by atoms with E-state index in [1.165, 1.54) is 11.9 Å². The van der Waals surface area contributed by atoms with Crippen molar-refractivity contribution in [1.82, 2.24) is 4.90 Å². The number of nitrogens with two attached hydrogens (primary N) is 2. The number of anilines is 1. The molecule has 0 fully saturated rings. The summed E-state index contributed by atoms with van der Waals surface area (Å²) in [6.07, 6.45) is 0. The average Bonchev–Trinajstić information content (AvgIpc) is 2.16. The second-order valence-electron chi connectivity index (χ2n) is 3.67. The Morgan fingerprint density at radius 3 is 2.50 bits per heavy atom. The zero-order valence-corrected chi connectivity index (χ0v) is 9.36. The highest BCUT2D eigenvalue weighted by Crippen LogP contribution is 2.17. The van der Waals surface area contributed by atoms with Crippen LogP contribution in [0, 0.1) is 6.92 Å². The number of likely N-dealkylation sites (N-methyl/N-ethyl adjacent to an activating group) is 1. The highest BCUT2D eigenvalue weighted by atomic mass is 16.2. The molecular formula is C11H15N3O2. The highest BCUT2D eigenvalue weighted by molar-refractivity contribution is 6.01. The van der Waals surface area contributed by atoms with Gasteiger partial charge in [-0.1, -0.05) is 12.1 Å². The molecule has 1 aromatic rings. The summed E-state index contributed by atoms with van der Waals surface area (Å²) in [5, 5.41) is 0. The van der Waals surface area contributed by atoms with Gasteiger partial charge >= 0.3 is 0 Å². The maximum atomic E-state index is 12.0. The second kappa shape index (κ2) is 4.65. The summed E-state index contributed by atoms with van der Waals surface area (Å²) in [7, 11) is 1.51. The standard InChI is InChI=1S/C11H15N3O2/c1-7-4-3-5-8(12)10(7)11(16)14(2)6-9(13)15/h3-5H,6,12H2,1-2H3,(H2,13,15). The maximum absolute atomic E-state index is 12.0. The minimum absolute atomic E-state index is 0.118. The Morgan fingerprint density at radius 2 is 2.00 bits per heavy atom. The lowest BCUT2D eigenvalue weighted by atomic mass is 10.1. The van der Waals surface area contributed by atoms with Gasteiger partial charge in [0.25, 0.3) is 5.91 Å². The van der Waals surface area contributed by atoms with Crippen LogP contribution in [0.15, 0.2) is 18.2 Å². The Balaban J connectivity index is 3.00. The molecule has 5 heteroatoms. The van der Waals surface area contributed by atoms with Crippen LogP contribution in [0.3, 0.4) is 0 Å². The predicted octanol–water partition coefficient (Wildman–Crippen LogP) is 0.135.